The highest BCUT2D eigenvalue weighted by Crippen LogP contribution is 2.20. The van der Waals surface area contributed by atoms with Crippen LogP contribution in [0, 0.1) is 5.82 Å². The van der Waals surface area contributed by atoms with Gasteiger partial charge in [0.2, 0.25) is 0 Å². The molecule has 1 aromatic carbocycles. The van der Waals surface area contributed by atoms with Gasteiger partial charge in [0.15, 0.2) is 0 Å². The third-order valence-corrected chi connectivity index (χ3v) is 2.89. The van der Waals surface area contributed by atoms with E-state index >= 15 is 0 Å². The molecular formula is C14H11FN4. The quantitative estimate of drug-likeness (QED) is 0.706. The third kappa shape index (κ3) is 2.22. The molecule has 0 radical (unpaired) electrons. The first-order chi connectivity index (χ1) is 9.24. The molecule has 0 bridgehead atoms. The van der Waals surface area contributed by atoms with Gasteiger partial charge in [0.1, 0.15) is 11.5 Å². The van der Waals surface area contributed by atoms with E-state index in [1.54, 1.807) is 23.0 Å². The van der Waals surface area contributed by atoms with Crippen molar-refractivity contribution in [3.8, 4) is 22.6 Å². The van der Waals surface area contributed by atoms with Crippen molar-refractivity contribution in [3.63, 3.8) is 0 Å². The number of halogens is 1. The van der Waals surface area contributed by atoms with Crippen LogP contribution in [0.15, 0.2) is 48.7 Å². The van der Waals surface area contributed by atoms with Crippen molar-refractivity contribution >= 4 is 0 Å². The summed E-state index contributed by atoms with van der Waals surface area (Å²) in [4.78, 5) is 0. The van der Waals surface area contributed by atoms with Gasteiger partial charge in [0.05, 0.1) is 11.4 Å². The summed E-state index contributed by atoms with van der Waals surface area (Å²) in [6.45, 7) is 0. The molecular weight excluding hydrogens is 243 g/mol. The Morgan fingerprint density at radius 1 is 0.895 bits per heavy atom. The van der Waals surface area contributed by atoms with E-state index in [1.165, 1.54) is 12.1 Å². The highest BCUT2D eigenvalue weighted by molar-refractivity contribution is 5.61. The fourth-order valence-electron chi connectivity index (χ4n) is 1.87. The zero-order chi connectivity index (χ0) is 13.2. The third-order valence-electron chi connectivity index (χ3n) is 2.89. The Labute approximate surface area is 109 Å². The van der Waals surface area contributed by atoms with Crippen molar-refractivity contribution < 1.29 is 4.39 Å². The van der Waals surface area contributed by atoms with Gasteiger partial charge in [-0.3, -0.25) is 4.68 Å². The minimum atomic E-state index is -0.261. The summed E-state index contributed by atoms with van der Waals surface area (Å²) in [5.74, 6) is -0.261. The van der Waals surface area contributed by atoms with Crippen LogP contribution in [0.3, 0.4) is 0 Å². The topological polar surface area (TPSA) is 43.6 Å². The van der Waals surface area contributed by atoms with Crippen LogP contribution in [0.2, 0.25) is 0 Å². The van der Waals surface area contributed by atoms with Gasteiger partial charge in [-0.25, -0.2) is 4.39 Å². The van der Waals surface area contributed by atoms with Crippen molar-refractivity contribution in [2.45, 2.75) is 0 Å². The van der Waals surface area contributed by atoms with E-state index in [0.717, 1.165) is 17.0 Å². The monoisotopic (exact) mass is 254 g/mol. The molecule has 0 aliphatic heterocycles. The average molecular weight is 254 g/mol. The van der Waals surface area contributed by atoms with Gasteiger partial charge in [-0.1, -0.05) is 0 Å². The lowest BCUT2D eigenvalue weighted by atomic mass is 10.1. The van der Waals surface area contributed by atoms with Crippen LogP contribution in [-0.2, 0) is 7.05 Å². The molecule has 0 atom stereocenters. The Morgan fingerprint density at radius 2 is 1.58 bits per heavy atom. The van der Waals surface area contributed by atoms with Crippen LogP contribution in [0.1, 0.15) is 0 Å². The average Bonchev–Trinajstić information content (AvgIpc) is 2.86. The molecule has 3 aromatic rings. The number of aryl methyl sites for hydroxylation is 1. The van der Waals surface area contributed by atoms with E-state index in [4.69, 9.17) is 0 Å². The van der Waals surface area contributed by atoms with Gasteiger partial charge < -0.3 is 0 Å². The number of aromatic nitrogens is 4. The smallest absolute Gasteiger partial charge is 0.123 e. The van der Waals surface area contributed by atoms with Crippen molar-refractivity contribution in [3.05, 3.63) is 54.5 Å². The molecule has 0 amide bonds. The van der Waals surface area contributed by atoms with Crippen molar-refractivity contribution in [2.24, 2.45) is 7.05 Å². The number of hydrogen-bond acceptors (Lipinski definition) is 3. The SMILES string of the molecule is Cn1nccc1-c1ccc(-c2ccc(F)cc2)nn1. The zero-order valence-corrected chi connectivity index (χ0v) is 10.3. The summed E-state index contributed by atoms with van der Waals surface area (Å²) >= 11 is 0. The largest absolute Gasteiger partial charge is 0.266 e. The van der Waals surface area contributed by atoms with Crippen molar-refractivity contribution in [1.29, 1.82) is 0 Å². The second kappa shape index (κ2) is 4.61. The van der Waals surface area contributed by atoms with Crippen LogP contribution in [-0.4, -0.2) is 20.0 Å². The molecule has 0 aliphatic carbocycles. The van der Waals surface area contributed by atoms with Gasteiger partial charge in [-0.05, 0) is 42.5 Å². The highest BCUT2D eigenvalue weighted by Gasteiger charge is 2.06. The lowest BCUT2D eigenvalue weighted by Crippen LogP contribution is -1.97. The first-order valence-electron chi connectivity index (χ1n) is 5.82. The van der Waals surface area contributed by atoms with Crippen LogP contribution in [0.5, 0.6) is 0 Å². The maximum atomic E-state index is 12.9. The maximum absolute atomic E-state index is 12.9. The number of rotatable bonds is 2. The Bertz CT molecular complexity index is 686. The van der Waals surface area contributed by atoms with Gasteiger partial charge in [0, 0.05) is 18.8 Å². The molecule has 4 nitrogen and oxygen atoms in total. The first kappa shape index (κ1) is 11.5. The molecule has 94 valence electrons. The molecule has 0 saturated carbocycles. The molecule has 0 N–H and O–H groups in total. The maximum Gasteiger partial charge on any atom is 0.123 e. The molecule has 19 heavy (non-hydrogen) atoms. The lowest BCUT2D eigenvalue weighted by molar-refractivity contribution is 0.628. The molecule has 2 heterocycles. The Balaban J connectivity index is 1.95. The molecule has 0 unspecified atom stereocenters. The summed E-state index contributed by atoms with van der Waals surface area (Å²) in [6.07, 6.45) is 1.71. The zero-order valence-electron chi connectivity index (χ0n) is 10.3. The molecule has 3 rings (SSSR count). The Hall–Kier alpha value is -2.56. The fraction of sp³-hybridized carbons (Fsp3) is 0.0714. The van der Waals surface area contributed by atoms with E-state index in [0.29, 0.717) is 5.69 Å². The van der Waals surface area contributed by atoms with Crippen molar-refractivity contribution in [2.75, 3.05) is 0 Å². The van der Waals surface area contributed by atoms with Gasteiger partial charge >= 0.3 is 0 Å². The van der Waals surface area contributed by atoms with Crippen LogP contribution in [0.25, 0.3) is 22.6 Å². The Morgan fingerprint density at radius 3 is 2.16 bits per heavy atom. The summed E-state index contributed by atoms with van der Waals surface area (Å²) in [5.41, 5.74) is 3.21. The lowest BCUT2D eigenvalue weighted by Gasteiger charge is -2.03. The highest BCUT2D eigenvalue weighted by atomic mass is 19.1. The minimum Gasteiger partial charge on any atom is -0.266 e. The predicted molar refractivity (Wildman–Crippen MR) is 69.6 cm³/mol. The second-order valence-corrected chi connectivity index (χ2v) is 4.15. The standard InChI is InChI=1S/C14H11FN4/c1-19-14(8-9-16-19)13-7-6-12(17-18-13)10-2-4-11(15)5-3-10/h2-9H,1H3. The summed E-state index contributed by atoms with van der Waals surface area (Å²) in [7, 11) is 1.85. The van der Waals surface area contributed by atoms with Crippen LogP contribution in [0.4, 0.5) is 4.39 Å². The van der Waals surface area contributed by atoms with Gasteiger partial charge in [-0.2, -0.15) is 5.10 Å². The minimum absolute atomic E-state index is 0.261. The van der Waals surface area contributed by atoms with E-state index in [2.05, 4.69) is 15.3 Å². The van der Waals surface area contributed by atoms with E-state index in [1.807, 2.05) is 25.2 Å². The van der Waals surface area contributed by atoms with Crippen molar-refractivity contribution in [1.82, 2.24) is 20.0 Å². The van der Waals surface area contributed by atoms with Crippen LogP contribution >= 0.6 is 0 Å². The summed E-state index contributed by atoms with van der Waals surface area (Å²) in [6, 6.07) is 11.8. The number of benzene rings is 1. The van der Waals surface area contributed by atoms with Gasteiger partial charge in [-0.15, -0.1) is 10.2 Å². The molecule has 0 spiro atoms. The first-order valence-corrected chi connectivity index (χ1v) is 5.82. The van der Waals surface area contributed by atoms with Crippen LogP contribution < -0.4 is 0 Å². The summed E-state index contributed by atoms with van der Waals surface area (Å²) in [5, 5.41) is 12.4. The van der Waals surface area contributed by atoms with E-state index in [9.17, 15) is 4.39 Å². The molecule has 0 saturated heterocycles. The second-order valence-electron chi connectivity index (χ2n) is 4.15. The predicted octanol–water partition coefficient (Wildman–Crippen LogP) is 2.68. The summed E-state index contributed by atoms with van der Waals surface area (Å²) < 4.78 is 14.6. The Kier molecular flexibility index (Phi) is 2.79. The normalized spacial score (nSPS) is 10.6. The fourth-order valence-corrected chi connectivity index (χ4v) is 1.87. The molecule has 5 heteroatoms. The molecule has 2 aromatic heterocycles. The molecule has 0 aliphatic rings. The van der Waals surface area contributed by atoms with E-state index < -0.39 is 0 Å². The van der Waals surface area contributed by atoms with E-state index in [-0.39, 0.29) is 5.82 Å². The number of nitrogens with zero attached hydrogens (tertiary/aromatic N) is 4. The molecule has 0 fully saturated rings. The van der Waals surface area contributed by atoms with Gasteiger partial charge in [0.25, 0.3) is 0 Å². The number of hydrogen-bond donors (Lipinski definition) is 0.